The van der Waals surface area contributed by atoms with Crippen molar-refractivity contribution in [1.82, 2.24) is 0 Å². The molecule has 0 saturated heterocycles. The van der Waals surface area contributed by atoms with Gasteiger partial charge in [-0.25, -0.2) is 0 Å². The van der Waals surface area contributed by atoms with E-state index < -0.39 is 0 Å². The van der Waals surface area contributed by atoms with Gasteiger partial charge >= 0.3 is 0 Å². The number of hydrogen-bond donors (Lipinski definition) is 0. The second-order valence-corrected chi connectivity index (χ2v) is 5.52. The van der Waals surface area contributed by atoms with Gasteiger partial charge in [-0.15, -0.1) is 11.3 Å². The lowest BCUT2D eigenvalue weighted by molar-refractivity contribution is 0.748. The molecule has 0 fully saturated rings. The van der Waals surface area contributed by atoms with Gasteiger partial charge in [0.25, 0.3) is 0 Å². The van der Waals surface area contributed by atoms with E-state index in [1.54, 1.807) is 0 Å². The van der Waals surface area contributed by atoms with E-state index in [2.05, 4.69) is 41.2 Å². The van der Waals surface area contributed by atoms with E-state index in [0.29, 0.717) is 4.83 Å². The maximum atomic E-state index is 3.64. The summed E-state index contributed by atoms with van der Waals surface area (Å²) in [6, 6.07) is 2.29. The fourth-order valence-corrected chi connectivity index (χ4v) is 2.13. The van der Waals surface area contributed by atoms with Gasteiger partial charge in [0.05, 0.1) is 0 Å². The highest BCUT2D eigenvalue weighted by Crippen LogP contribution is 2.18. The van der Waals surface area contributed by atoms with Crippen LogP contribution in [0.1, 0.15) is 30.2 Å². The van der Waals surface area contributed by atoms with Gasteiger partial charge in [-0.1, -0.05) is 22.9 Å². The highest BCUT2D eigenvalue weighted by atomic mass is 79.9. The van der Waals surface area contributed by atoms with Gasteiger partial charge in [-0.05, 0) is 43.2 Å². The van der Waals surface area contributed by atoms with Crippen LogP contribution in [-0.2, 0) is 6.42 Å². The molecule has 0 aliphatic heterocycles. The summed E-state index contributed by atoms with van der Waals surface area (Å²) >= 11 is 5.49. The van der Waals surface area contributed by atoms with E-state index in [-0.39, 0.29) is 0 Å². The van der Waals surface area contributed by atoms with Crippen molar-refractivity contribution in [2.24, 2.45) is 0 Å². The fourth-order valence-electron chi connectivity index (χ4n) is 1.16. The van der Waals surface area contributed by atoms with Crippen LogP contribution in [0.5, 0.6) is 0 Å². The van der Waals surface area contributed by atoms with Crippen molar-refractivity contribution in [2.45, 2.75) is 37.9 Å². The van der Waals surface area contributed by atoms with Crippen LogP contribution in [0.3, 0.4) is 0 Å². The number of alkyl halides is 1. The van der Waals surface area contributed by atoms with E-state index in [0.717, 1.165) is 0 Å². The maximum Gasteiger partial charge on any atom is 0.0146 e. The van der Waals surface area contributed by atoms with Crippen molar-refractivity contribution in [1.29, 1.82) is 0 Å². The summed E-state index contributed by atoms with van der Waals surface area (Å²) in [7, 11) is 0. The predicted octanol–water partition coefficient (Wildman–Crippen LogP) is 4.16. The summed E-state index contributed by atoms with van der Waals surface area (Å²) in [5, 5.41) is 2.27. The van der Waals surface area contributed by atoms with E-state index >= 15 is 0 Å². The fraction of sp³-hybridized carbons (Fsp3) is 0.600. The van der Waals surface area contributed by atoms with Crippen LogP contribution in [0.4, 0.5) is 0 Å². The van der Waals surface area contributed by atoms with Crippen LogP contribution >= 0.6 is 27.3 Å². The molecule has 0 amide bonds. The lowest BCUT2D eigenvalue weighted by Gasteiger charge is -2.03. The first-order valence-electron chi connectivity index (χ1n) is 4.40. The number of halogens is 1. The molecule has 0 radical (unpaired) electrons. The molecule has 0 nitrogen and oxygen atoms in total. The predicted molar refractivity (Wildman–Crippen MR) is 60.4 cm³/mol. The molecular formula is C10H15BrS. The van der Waals surface area contributed by atoms with Gasteiger partial charge < -0.3 is 0 Å². The number of thiophene rings is 1. The standard InChI is InChI=1S/C10H15BrS/c1-3-10(11)5-4-9-6-8(2)12-7-9/h6-7,10H,3-5H2,1-2H3. The molecule has 0 saturated carbocycles. The maximum absolute atomic E-state index is 3.64. The van der Waals surface area contributed by atoms with Gasteiger partial charge in [-0.3, -0.25) is 0 Å². The molecule has 0 aliphatic rings. The Bertz CT molecular complexity index is 229. The molecule has 0 bridgehead atoms. The van der Waals surface area contributed by atoms with Crippen LogP contribution in [0.15, 0.2) is 11.4 Å². The lowest BCUT2D eigenvalue weighted by Crippen LogP contribution is -1.96. The van der Waals surface area contributed by atoms with Crippen LogP contribution in [0.25, 0.3) is 0 Å². The van der Waals surface area contributed by atoms with E-state index in [1.165, 1.54) is 29.7 Å². The van der Waals surface area contributed by atoms with Crippen LogP contribution < -0.4 is 0 Å². The van der Waals surface area contributed by atoms with Crippen molar-refractivity contribution < 1.29 is 0 Å². The summed E-state index contributed by atoms with van der Waals surface area (Å²) in [4.78, 5) is 2.12. The van der Waals surface area contributed by atoms with Gasteiger partial charge in [0, 0.05) is 9.70 Å². The minimum absolute atomic E-state index is 0.692. The van der Waals surface area contributed by atoms with Gasteiger partial charge in [-0.2, -0.15) is 0 Å². The first-order chi connectivity index (χ1) is 5.72. The third-order valence-electron chi connectivity index (χ3n) is 1.97. The third-order valence-corrected chi connectivity index (χ3v) is 3.99. The Balaban J connectivity index is 2.33. The Morgan fingerprint density at radius 2 is 2.33 bits per heavy atom. The average Bonchev–Trinajstić information content (AvgIpc) is 2.47. The first kappa shape index (κ1) is 10.3. The third kappa shape index (κ3) is 3.28. The summed E-state index contributed by atoms with van der Waals surface area (Å²) in [6.07, 6.45) is 3.70. The SMILES string of the molecule is CCC(Br)CCc1csc(C)c1. The van der Waals surface area contributed by atoms with Crippen LogP contribution in [0, 0.1) is 6.92 Å². The molecule has 12 heavy (non-hydrogen) atoms. The van der Waals surface area contributed by atoms with Crippen LogP contribution in [0.2, 0.25) is 0 Å². The molecule has 1 rings (SSSR count). The molecule has 0 aromatic carbocycles. The molecular weight excluding hydrogens is 232 g/mol. The molecule has 1 aromatic heterocycles. The first-order valence-corrected chi connectivity index (χ1v) is 6.20. The molecule has 0 spiro atoms. The summed E-state index contributed by atoms with van der Waals surface area (Å²) in [5.41, 5.74) is 1.50. The quantitative estimate of drug-likeness (QED) is 0.701. The van der Waals surface area contributed by atoms with Gasteiger partial charge in [0.2, 0.25) is 0 Å². The van der Waals surface area contributed by atoms with Crippen molar-refractivity contribution in [3.63, 3.8) is 0 Å². The molecule has 0 N–H and O–H groups in total. The lowest BCUT2D eigenvalue weighted by atomic mass is 10.1. The number of hydrogen-bond acceptors (Lipinski definition) is 1. The molecule has 68 valence electrons. The van der Waals surface area contributed by atoms with Crippen molar-refractivity contribution >= 4 is 27.3 Å². The van der Waals surface area contributed by atoms with Crippen molar-refractivity contribution in [3.8, 4) is 0 Å². The average molecular weight is 247 g/mol. The van der Waals surface area contributed by atoms with Crippen molar-refractivity contribution in [2.75, 3.05) is 0 Å². The number of aryl methyl sites for hydroxylation is 2. The van der Waals surface area contributed by atoms with Crippen LogP contribution in [-0.4, -0.2) is 4.83 Å². The normalized spacial score (nSPS) is 13.2. The minimum atomic E-state index is 0.692. The zero-order chi connectivity index (χ0) is 8.97. The Morgan fingerprint density at radius 3 is 2.83 bits per heavy atom. The largest absolute Gasteiger partial charge is 0.149 e. The van der Waals surface area contributed by atoms with E-state index in [9.17, 15) is 0 Å². The Hall–Kier alpha value is 0.180. The van der Waals surface area contributed by atoms with E-state index in [1.807, 2.05) is 11.3 Å². The van der Waals surface area contributed by atoms with Crippen molar-refractivity contribution in [3.05, 3.63) is 21.9 Å². The summed E-state index contributed by atoms with van der Waals surface area (Å²) in [6.45, 7) is 4.39. The zero-order valence-corrected chi connectivity index (χ0v) is 10.0. The Kier molecular flexibility index (Phi) is 4.30. The Labute approximate surface area is 87.1 Å². The molecule has 1 aromatic rings. The van der Waals surface area contributed by atoms with Gasteiger partial charge in [0.15, 0.2) is 0 Å². The number of rotatable bonds is 4. The second-order valence-electron chi connectivity index (χ2n) is 3.11. The highest BCUT2D eigenvalue weighted by Gasteiger charge is 2.02. The molecule has 1 heterocycles. The van der Waals surface area contributed by atoms with E-state index in [4.69, 9.17) is 0 Å². The molecule has 2 heteroatoms. The monoisotopic (exact) mass is 246 g/mol. The molecule has 1 atom stereocenters. The zero-order valence-electron chi connectivity index (χ0n) is 7.64. The highest BCUT2D eigenvalue weighted by molar-refractivity contribution is 9.09. The summed E-state index contributed by atoms with van der Waals surface area (Å²) in [5.74, 6) is 0. The Morgan fingerprint density at radius 1 is 1.58 bits per heavy atom. The minimum Gasteiger partial charge on any atom is -0.149 e. The molecule has 0 aliphatic carbocycles. The smallest absolute Gasteiger partial charge is 0.0146 e. The topological polar surface area (TPSA) is 0 Å². The molecule has 1 unspecified atom stereocenters. The second kappa shape index (κ2) is 5.03. The summed E-state index contributed by atoms with van der Waals surface area (Å²) < 4.78 is 0. The van der Waals surface area contributed by atoms with Gasteiger partial charge in [0.1, 0.15) is 0 Å².